The zero-order valence-corrected chi connectivity index (χ0v) is 9.22. The third-order valence-corrected chi connectivity index (χ3v) is 2.01. The van der Waals surface area contributed by atoms with Crippen LogP contribution in [0.4, 0.5) is 0 Å². The predicted octanol–water partition coefficient (Wildman–Crippen LogP) is 2.51. The van der Waals surface area contributed by atoms with Crippen LogP contribution in [-0.2, 0) is 4.79 Å². The maximum Gasteiger partial charge on any atom is 0.303 e. The molecule has 86 valence electrons. The molecular weight excluding hydrogens is 192 g/mol. The summed E-state index contributed by atoms with van der Waals surface area (Å²) in [6.45, 7) is 1.92. The fourth-order valence-electron chi connectivity index (χ4n) is 1.04. The Kier molecular flexibility index (Phi) is 8.78. The van der Waals surface area contributed by atoms with Gasteiger partial charge in [-0.05, 0) is 25.7 Å². The Hall–Kier alpha value is -1.09. The van der Waals surface area contributed by atoms with Gasteiger partial charge in [0.15, 0.2) is 0 Å². The van der Waals surface area contributed by atoms with E-state index in [-0.39, 0.29) is 12.5 Å². The van der Waals surface area contributed by atoms with Crippen molar-refractivity contribution in [2.75, 3.05) is 0 Å². The van der Waals surface area contributed by atoms with E-state index in [1.807, 2.05) is 25.2 Å². The van der Waals surface area contributed by atoms with Crippen LogP contribution in [0, 0.1) is 0 Å². The van der Waals surface area contributed by atoms with Crippen molar-refractivity contribution in [2.24, 2.45) is 0 Å². The average Bonchev–Trinajstić information content (AvgIpc) is 2.21. The predicted molar refractivity (Wildman–Crippen MR) is 60.7 cm³/mol. The topological polar surface area (TPSA) is 57.5 Å². The minimum absolute atomic E-state index is 0.248. The number of aliphatic hydroxyl groups excluding tert-OH is 1. The van der Waals surface area contributed by atoms with Crippen molar-refractivity contribution in [3.8, 4) is 0 Å². The second-order valence-electron chi connectivity index (χ2n) is 3.43. The Morgan fingerprint density at radius 2 is 2.07 bits per heavy atom. The SMILES string of the molecule is CCC(O)/C=C\C=C/CCCCC(=O)O. The van der Waals surface area contributed by atoms with E-state index in [1.54, 1.807) is 6.08 Å². The number of aliphatic hydroxyl groups is 1. The van der Waals surface area contributed by atoms with Gasteiger partial charge in [0.25, 0.3) is 0 Å². The lowest BCUT2D eigenvalue weighted by atomic mass is 10.2. The monoisotopic (exact) mass is 212 g/mol. The summed E-state index contributed by atoms with van der Waals surface area (Å²) >= 11 is 0. The molecule has 0 aromatic rings. The quantitative estimate of drug-likeness (QED) is 0.480. The van der Waals surface area contributed by atoms with Crippen LogP contribution in [0.3, 0.4) is 0 Å². The third-order valence-electron chi connectivity index (χ3n) is 2.01. The lowest BCUT2D eigenvalue weighted by Crippen LogP contribution is -1.97. The number of unbranched alkanes of at least 4 members (excludes halogenated alkanes) is 2. The molecule has 0 fully saturated rings. The highest BCUT2D eigenvalue weighted by molar-refractivity contribution is 5.66. The first-order valence-electron chi connectivity index (χ1n) is 5.40. The molecule has 0 saturated carbocycles. The standard InChI is InChI=1S/C12H20O3/c1-2-11(13)9-7-5-3-4-6-8-10-12(14)15/h3,5,7,9,11,13H,2,4,6,8,10H2,1H3,(H,14,15)/b5-3-,9-7-. The molecule has 0 aromatic carbocycles. The summed E-state index contributed by atoms with van der Waals surface area (Å²) in [4.78, 5) is 10.2. The summed E-state index contributed by atoms with van der Waals surface area (Å²) in [5, 5.41) is 17.6. The number of hydrogen-bond acceptors (Lipinski definition) is 2. The van der Waals surface area contributed by atoms with Gasteiger partial charge in [-0.1, -0.05) is 31.2 Å². The Morgan fingerprint density at radius 3 is 2.67 bits per heavy atom. The van der Waals surface area contributed by atoms with E-state index in [0.717, 1.165) is 25.7 Å². The van der Waals surface area contributed by atoms with Crippen molar-refractivity contribution in [2.45, 2.75) is 45.1 Å². The van der Waals surface area contributed by atoms with Gasteiger partial charge in [0.05, 0.1) is 6.10 Å². The molecule has 0 aliphatic carbocycles. The van der Waals surface area contributed by atoms with Crippen LogP contribution < -0.4 is 0 Å². The molecule has 0 radical (unpaired) electrons. The van der Waals surface area contributed by atoms with Gasteiger partial charge in [-0.3, -0.25) is 4.79 Å². The first-order chi connectivity index (χ1) is 7.16. The highest BCUT2D eigenvalue weighted by Gasteiger charge is 1.94. The molecule has 2 N–H and O–H groups in total. The minimum Gasteiger partial charge on any atom is -0.481 e. The Balaban J connectivity index is 3.39. The van der Waals surface area contributed by atoms with Crippen LogP contribution in [0.25, 0.3) is 0 Å². The molecule has 15 heavy (non-hydrogen) atoms. The molecule has 0 heterocycles. The fraction of sp³-hybridized carbons (Fsp3) is 0.583. The van der Waals surface area contributed by atoms with Crippen LogP contribution in [0.5, 0.6) is 0 Å². The van der Waals surface area contributed by atoms with Crippen molar-refractivity contribution >= 4 is 5.97 Å². The summed E-state index contributed by atoms with van der Waals surface area (Å²) < 4.78 is 0. The van der Waals surface area contributed by atoms with Gasteiger partial charge in [-0.25, -0.2) is 0 Å². The molecule has 3 heteroatoms. The van der Waals surface area contributed by atoms with Gasteiger partial charge in [-0.15, -0.1) is 0 Å². The largest absolute Gasteiger partial charge is 0.481 e. The van der Waals surface area contributed by atoms with Gasteiger partial charge in [-0.2, -0.15) is 0 Å². The summed E-state index contributed by atoms with van der Waals surface area (Å²) in [5.41, 5.74) is 0. The Morgan fingerprint density at radius 1 is 1.33 bits per heavy atom. The van der Waals surface area contributed by atoms with Crippen LogP contribution in [-0.4, -0.2) is 22.3 Å². The number of aliphatic carboxylic acids is 1. The maximum atomic E-state index is 10.2. The second-order valence-corrected chi connectivity index (χ2v) is 3.43. The maximum absolute atomic E-state index is 10.2. The summed E-state index contributed by atoms with van der Waals surface area (Å²) in [6, 6.07) is 0. The van der Waals surface area contributed by atoms with E-state index in [1.165, 1.54) is 0 Å². The molecule has 0 spiro atoms. The Bertz CT molecular complexity index is 219. The lowest BCUT2D eigenvalue weighted by molar-refractivity contribution is -0.137. The zero-order chi connectivity index (χ0) is 11.5. The van der Waals surface area contributed by atoms with Crippen molar-refractivity contribution < 1.29 is 15.0 Å². The zero-order valence-electron chi connectivity index (χ0n) is 9.22. The fourth-order valence-corrected chi connectivity index (χ4v) is 1.04. The molecule has 1 atom stereocenters. The molecule has 0 saturated heterocycles. The highest BCUT2D eigenvalue weighted by atomic mass is 16.4. The third kappa shape index (κ3) is 10.8. The number of rotatable bonds is 8. The van der Waals surface area contributed by atoms with Crippen LogP contribution in [0.2, 0.25) is 0 Å². The van der Waals surface area contributed by atoms with E-state index < -0.39 is 5.97 Å². The Labute approximate surface area is 91.1 Å². The van der Waals surface area contributed by atoms with E-state index in [0.29, 0.717) is 0 Å². The second kappa shape index (κ2) is 9.46. The molecule has 0 rings (SSSR count). The molecule has 0 aromatic heterocycles. The molecule has 0 amide bonds. The lowest BCUT2D eigenvalue weighted by Gasteiger charge is -1.96. The van der Waals surface area contributed by atoms with Crippen LogP contribution in [0.1, 0.15) is 39.0 Å². The van der Waals surface area contributed by atoms with Crippen molar-refractivity contribution in [1.82, 2.24) is 0 Å². The molecule has 3 nitrogen and oxygen atoms in total. The van der Waals surface area contributed by atoms with Gasteiger partial charge in [0.2, 0.25) is 0 Å². The van der Waals surface area contributed by atoms with Crippen molar-refractivity contribution in [3.05, 3.63) is 24.3 Å². The van der Waals surface area contributed by atoms with E-state index in [2.05, 4.69) is 0 Å². The first kappa shape index (κ1) is 13.9. The first-order valence-corrected chi connectivity index (χ1v) is 5.40. The van der Waals surface area contributed by atoms with E-state index in [9.17, 15) is 9.90 Å². The van der Waals surface area contributed by atoms with E-state index >= 15 is 0 Å². The van der Waals surface area contributed by atoms with Crippen molar-refractivity contribution in [3.63, 3.8) is 0 Å². The number of carboxylic acids is 1. The smallest absolute Gasteiger partial charge is 0.303 e. The molecule has 0 bridgehead atoms. The number of carboxylic acid groups (broad SMARTS) is 1. The minimum atomic E-state index is -0.732. The van der Waals surface area contributed by atoms with Crippen LogP contribution in [0.15, 0.2) is 24.3 Å². The molecule has 0 aliphatic heterocycles. The van der Waals surface area contributed by atoms with Crippen molar-refractivity contribution in [1.29, 1.82) is 0 Å². The number of allylic oxidation sites excluding steroid dienone is 3. The molecular formula is C12H20O3. The van der Waals surface area contributed by atoms with Gasteiger partial charge < -0.3 is 10.2 Å². The van der Waals surface area contributed by atoms with Gasteiger partial charge in [0, 0.05) is 6.42 Å². The highest BCUT2D eigenvalue weighted by Crippen LogP contribution is 2.01. The van der Waals surface area contributed by atoms with Gasteiger partial charge >= 0.3 is 5.97 Å². The number of hydrogen-bond donors (Lipinski definition) is 2. The summed E-state index contributed by atoms with van der Waals surface area (Å²) in [6.07, 6.45) is 10.6. The average molecular weight is 212 g/mol. The normalized spacial score (nSPS) is 13.7. The van der Waals surface area contributed by atoms with Gasteiger partial charge in [0.1, 0.15) is 0 Å². The summed E-state index contributed by atoms with van der Waals surface area (Å²) in [5.74, 6) is -0.732. The summed E-state index contributed by atoms with van der Waals surface area (Å²) in [7, 11) is 0. The van der Waals surface area contributed by atoms with Crippen LogP contribution >= 0.6 is 0 Å². The number of carbonyl (C=O) groups is 1. The molecule has 0 aliphatic rings. The molecule has 1 unspecified atom stereocenters. The van der Waals surface area contributed by atoms with E-state index in [4.69, 9.17) is 5.11 Å².